The van der Waals surface area contributed by atoms with Gasteiger partial charge in [-0.2, -0.15) is 0 Å². The molecule has 13 heteroatoms. The standard InChI is InChI=1S/C24H28N2O7.CH4O3S/c1-4-31-24(28)18-13-20(29-2)17(12-21(18)30-3)23(27)26-9-7-25(8-10-26)14-16-5-6-19-22(11-16)33-15-32-19;1-5(2,3)4/h5-6,11-13H,4,7-10,14-15H2,1-3H3;1H3,(H,2,3,4). The molecule has 1 saturated heterocycles. The second kappa shape index (κ2) is 12.8. The van der Waals surface area contributed by atoms with Gasteiger partial charge in [0.05, 0.1) is 62.7 Å². The normalized spacial score (nSPS) is 14.8. The van der Waals surface area contributed by atoms with Crippen LogP contribution in [0.15, 0.2) is 30.3 Å². The molecule has 4 rings (SSSR count). The number of methoxy groups -OCH3 is 2. The van der Waals surface area contributed by atoms with E-state index in [2.05, 4.69) is 6.07 Å². The Hall–Kier alpha value is -3.55. The van der Waals surface area contributed by atoms with Gasteiger partial charge in [-0.05, 0) is 37.3 Å². The van der Waals surface area contributed by atoms with Crippen LogP contribution in [0.1, 0.15) is 33.2 Å². The number of rotatable bonds is 7. The van der Waals surface area contributed by atoms with Gasteiger partial charge in [-0.3, -0.25) is 4.79 Å². The maximum Gasteiger partial charge on any atom is 0.342 e. The molecule has 0 bridgehead atoms. The Kier molecular flexibility index (Phi) is 9.78. The number of piperazine rings is 1. The highest BCUT2D eigenvalue weighted by molar-refractivity contribution is 7.84. The van der Waals surface area contributed by atoms with Crippen LogP contribution in [0, 0.1) is 0 Å². The van der Waals surface area contributed by atoms with E-state index in [1.54, 1.807) is 13.0 Å². The molecule has 2 aromatic rings. The highest BCUT2D eigenvalue weighted by Gasteiger charge is 2.29. The molecule has 0 radical (unpaired) electrons. The lowest BCUT2D eigenvalue weighted by molar-refractivity contribution is -0.917. The molecule has 2 aromatic carbocycles. The van der Waals surface area contributed by atoms with E-state index in [-0.39, 0.29) is 30.6 Å². The molecule has 2 aliphatic heterocycles. The van der Waals surface area contributed by atoms with Gasteiger partial charge in [0.15, 0.2) is 11.5 Å². The lowest BCUT2D eigenvalue weighted by Gasteiger charge is -2.32. The fourth-order valence-electron chi connectivity index (χ4n) is 4.15. The van der Waals surface area contributed by atoms with Crippen molar-refractivity contribution in [3.8, 4) is 23.0 Å². The van der Waals surface area contributed by atoms with Gasteiger partial charge in [0, 0.05) is 11.8 Å². The minimum atomic E-state index is -3.92. The number of carbonyl (C=O) groups excluding carboxylic acids is 2. The minimum absolute atomic E-state index is 0.150. The first-order valence-corrected chi connectivity index (χ1v) is 13.7. The number of benzene rings is 2. The summed E-state index contributed by atoms with van der Waals surface area (Å²) >= 11 is 0. The smallest absolute Gasteiger partial charge is 0.342 e. The molecule has 0 aliphatic carbocycles. The summed E-state index contributed by atoms with van der Waals surface area (Å²) in [6.07, 6.45) is 0.604. The third-order valence-electron chi connectivity index (χ3n) is 5.90. The molecule has 2 aliphatic rings. The molecular weight excluding hydrogens is 520 g/mol. The molecule has 1 fully saturated rings. The van der Waals surface area contributed by atoms with Crippen molar-refractivity contribution in [2.24, 2.45) is 0 Å². The number of quaternary nitrogens is 1. The zero-order valence-electron chi connectivity index (χ0n) is 21.8. The number of ether oxygens (including phenoxy) is 5. The summed E-state index contributed by atoms with van der Waals surface area (Å²) in [4.78, 5) is 28.7. The molecule has 0 aromatic heterocycles. The summed E-state index contributed by atoms with van der Waals surface area (Å²) in [6, 6.07) is 9.08. The Labute approximate surface area is 221 Å². The predicted octanol–water partition coefficient (Wildman–Crippen LogP) is 0.312. The predicted molar refractivity (Wildman–Crippen MR) is 134 cm³/mol. The first-order valence-electron chi connectivity index (χ1n) is 11.9. The number of nitrogens with one attached hydrogen (secondary N) is 1. The van der Waals surface area contributed by atoms with Crippen molar-refractivity contribution in [1.29, 1.82) is 0 Å². The van der Waals surface area contributed by atoms with Gasteiger partial charge in [0.25, 0.3) is 5.91 Å². The molecule has 38 heavy (non-hydrogen) atoms. The van der Waals surface area contributed by atoms with Gasteiger partial charge in [0.2, 0.25) is 6.79 Å². The largest absolute Gasteiger partial charge is 0.748 e. The third-order valence-corrected chi connectivity index (χ3v) is 5.90. The van der Waals surface area contributed by atoms with E-state index in [9.17, 15) is 9.59 Å². The Morgan fingerprint density at radius 1 is 1.00 bits per heavy atom. The Morgan fingerprint density at radius 2 is 1.58 bits per heavy atom. The molecular formula is C25H32N2O10S. The summed E-state index contributed by atoms with van der Waals surface area (Å²) < 4.78 is 53.9. The quantitative estimate of drug-likeness (QED) is 0.376. The number of hydrogen-bond donors (Lipinski definition) is 1. The SMILES string of the molecule is CCOC(=O)c1cc(OC)c(C(=O)N2CC[NH+](Cc3ccc4c(c3)OCO4)CC2)cc1OC.CS(=O)(=O)[O-]. The average molecular weight is 553 g/mol. The van der Waals surface area contributed by atoms with E-state index in [0.717, 1.165) is 31.1 Å². The third kappa shape index (κ3) is 7.73. The van der Waals surface area contributed by atoms with Gasteiger partial charge in [-0.25, -0.2) is 13.2 Å². The topological polar surface area (TPSA) is 145 Å². The van der Waals surface area contributed by atoms with Gasteiger partial charge in [0.1, 0.15) is 23.6 Å². The summed E-state index contributed by atoms with van der Waals surface area (Å²) in [5, 5.41) is 0. The number of carbonyl (C=O) groups is 2. The molecule has 208 valence electrons. The first-order chi connectivity index (χ1) is 18.0. The van der Waals surface area contributed by atoms with E-state index in [0.29, 0.717) is 30.7 Å². The molecule has 1 N–H and O–H groups in total. The van der Waals surface area contributed by atoms with Crippen molar-refractivity contribution in [3.05, 3.63) is 47.0 Å². The lowest BCUT2D eigenvalue weighted by Crippen LogP contribution is -3.13. The zero-order chi connectivity index (χ0) is 27.9. The van der Waals surface area contributed by atoms with Crippen molar-refractivity contribution in [1.82, 2.24) is 4.90 Å². The van der Waals surface area contributed by atoms with E-state index < -0.39 is 16.1 Å². The van der Waals surface area contributed by atoms with Crippen LogP contribution < -0.4 is 23.8 Å². The number of esters is 1. The number of fused-ring (bicyclic) bond motifs is 1. The molecule has 2 heterocycles. The maximum absolute atomic E-state index is 13.3. The molecule has 0 saturated carbocycles. The second-order valence-electron chi connectivity index (χ2n) is 8.58. The minimum Gasteiger partial charge on any atom is -0.748 e. The maximum atomic E-state index is 13.3. The number of nitrogens with zero attached hydrogens (tertiary/aromatic N) is 1. The highest BCUT2D eigenvalue weighted by Crippen LogP contribution is 2.32. The lowest BCUT2D eigenvalue weighted by atomic mass is 10.1. The molecule has 0 unspecified atom stereocenters. The molecule has 12 nitrogen and oxygen atoms in total. The summed E-state index contributed by atoms with van der Waals surface area (Å²) in [6.45, 7) is 5.96. The van der Waals surface area contributed by atoms with Crippen molar-refractivity contribution in [3.63, 3.8) is 0 Å². The fourth-order valence-corrected chi connectivity index (χ4v) is 4.15. The van der Waals surface area contributed by atoms with Crippen LogP contribution in [-0.4, -0.2) is 89.8 Å². The summed E-state index contributed by atoms with van der Waals surface area (Å²) in [5.74, 6) is 1.49. The van der Waals surface area contributed by atoms with Crippen LogP contribution in [-0.2, 0) is 21.4 Å². The van der Waals surface area contributed by atoms with Crippen LogP contribution in [0.2, 0.25) is 0 Å². The Balaban J connectivity index is 0.000000732. The van der Waals surface area contributed by atoms with Crippen LogP contribution >= 0.6 is 0 Å². The molecule has 0 atom stereocenters. The van der Waals surface area contributed by atoms with Crippen LogP contribution in [0.5, 0.6) is 23.0 Å². The van der Waals surface area contributed by atoms with E-state index in [1.807, 2.05) is 17.0 Å². The summed E-state index contributed by atoms with van der Waals surface area (Å²) in [5.41, 5.74) is 1.77. The van der Waals surface area contributed by atoms with Gasteiger partial charge < -0.3 is 38.0 Å². The van der Waals surface area contributed by atoms with E-state index in [1.165, 1.54) is 30.7 Å². The first kappa shape index (κ1) is 29.0. The average Bonchev–Trinajstić information content (AvgIpc) is 3.35. The van der Waals surface area contributed by atoms with Crippen molar-refractivity contribution >= 4 is 22.0 Å². The molecule has 0 spiro atoms. The van der Waals surface area contributed by atoms with Crippen LogP contribution in [0.4, 0.5) is 0 Å². The molecule has 1 amide bonds. The number of hydrogen-bond acceptors (Lipinski definition) is 10. The monoisotopic (exact) mass is 552 g/mol. The second-order valence-corrected chi connectivity index (χ2v) is 9.99. The van der Waals surface area contributed by atoms with E-state index in [4.69, 9.17) is 36.7 Å². The number of amides is 1. The van der Waals surface area contributed by atoms with Gasteiger partial charge in [-0.15, -0.1) is 0 Å². The fraction of sp³-hybridized carbons (Fsp3) is 0.440. The highest BCUT2D eigenvalue weighted by atomic mass is 32.2. The van der Waals surface area contributed by atoms with E-state index >= 15 is 0 Å². The van der Waals surface area contributed by atoms with Crippen molar-refractivity contribution in [2.75, 3.05) is 60.1 Å². The Bertz CT molecular complexity index is 1250. The van der Waals surface area contributed by atoms with Crippen LogP contribution in [0.25, 0.3) is 0 Å². The van der Waals surface area contributed by atoms with Crippen molar-refractivity contribution in [2.45, 2.75) is 13.5 Å². The zero-order valence-corrected chi connectivity index (χ0v) is 22.6. The summed E-state index contributed by atoms with van der Waals surface area (Å²) in [7, 11) is -0.988. The van der Waals surface area contributed by atoms with Crippen LogP contribution in [0.3, 0.4) is 0 Å². The van der Waals surface area contributed by atoms with Gasteiger partial charge >= 0.3 is 5.97 Å². The van der Waals surface area contributed by atoms with Gasteiger partial charge in [-0.1, -0.05) is 0 Å². The Morgan fingerprint density at radius 3 is 2.18 bits per heavy atom. The van der Waals surface area contributed by atoms with Crippen molar-refractivity contribution < 1.29 is 51.1 Å².